The molecule has 0 spiro atoms. The van der Waals surface area contributed by atoms with E-state index in [-0.39, 0.29) is 23.6 Å². The smallest absolute Gasteiger partial charge is 0.315 e. The van der Waals surface area contributed by atoms with Crippen molar-refractivity contribution in [3.8, 4) is 0 Å². The Kier molecular flexibility index (Phi) is 7.19. The average molecular weight is 244 g/mol. The molecular weight excluding hydrogens is 216 g/mol. The molecule has 1 atom stereocenters. The molecule has 0 aromatic rings. The van der Waals surface area contributed by atoms with Gasteiger partial charge in [0.15, 0.2) is 0 Å². The highest BCUT2D eigenvalue weighted by Gasteiger charge is 2.21. The van der Waals surface area contributed by atoms with Crippen molar-refractivity contribution in [1.29, 1.82) is 0 Å². The Hall–Kier alpha value is -0.770. The number of hydrogen-bond acceptors (Lipinski definition) is 2. The fraction of sp³-hybridized carbons (Fsp3) is 0.923. The van der Waals surface area contributed by atoms with Crippen LogP contribution in [0.3, 0.4) is 0 Å². The van der Waals surface area contributed by atoms with Crippen molar-refractivity contribution in [3.63, 3.8) is 0 Å². The van der Waals surface area contributed by atoms with Crippen molar-refractivity contribution >= 4 is 6.03 Å². The zero-order valence-corrected chi connectivity index (χ0v) is 11.8. The Morgan fingerprint density at radius 1 is 1.29 bits per heavy atom. The van der Waals surface area contributed by atoms with Crippen LogP contribution in [0, 0.1) is 5.41 Å². The van der Waals surface area contributed by atoms with Crippen LogP contribution in [-0.2, 0) is 0 Å². The highest BCUT2D eigenvalue weighted by molar-refractivity contribution is 5.74. The van der Waals surface area contributed by atoms with Crippen LogP contribution < -0.4 is 10.6 Å². The Balaban J connectivity index is 3.98. The molecule has 1 unspecified atom stereocenters. The lowest BCUT2D eigenvalue weighted by atomic mass is 9.87. The van der Waals surface area contributed by atoms with Crippen molar-refractivity contribution in [2.24, 2.45) is 5.41 Å². The van der Waals surface area contributed by atoms with E-state index in [1.807, 2.05) is 13.8 Å². The molecule has 3 N–H and O–H groups in total. The number of amides is 2. The van der Waals surface area contributed by atoms with E-state index < -0.39 is 0 Å². The second-order valence-electron chi connectivity index (χ2n) is 5.56. The average Bonchev–Trinajstić information content (AvgIpc) is 2.21. The Labute approximate surface area is 105 Å². The third-order valence-corrected chi connectivity index (χ3v) is 2.90. The van der Waals surface area contributed by atoms with Crippen LogP contribution in [0.25, 0.3) is 0 Å². The van der Waals surface area contributed by atoms with Gasteiger partial charge in [0.05, 0.1) is 6.10 Å². The van der Waals surface area contributed by atoms with E-state index in [4.69, 9.17) is 0 Å². The van der Waals surface area contributed by atoms with E-state index in [0.29, 0.717) is 13.0 Å². The monoisotopic (exact) mass is 244 g/mol. The van der Waals surface area contributed by atoms with Gasteiger partial charge in [-0.25, -0.2) is 4.79 Å². The summed E-state index contributed by atoms with van der Waals surface area (Å²) >= 11 is 0. The number of hydrogen-bond donors (Lipinski definition) is 3. The molecule has 0 aliphatic carbocycles. The first-order valence-electron chi connectivity index (χ1n) is 6.53. The molecule has 102 valence electrons. The molecule has 0 aromatic carbocycles. The number of aliphatic hydroxyl groups is 1. The van der Waals surface area contributed by atoms with Gasteiger partial charge in [-0.05, 0) is 31.6 Å². The van der Waals surface area contributed by atoms with E-state index >= 15 is 0 Å². The lowest BCUT2D eigenvalue weighted by molar-refractivity contribution is 0.128. The van der Waals surface area contributed by atoms with Gasteiger partial charge in [0.1, 0.15) is 0 Å². The number of aliphatic hydroxyl groups excluding tert-OH is 1. The van der Waals surface area contributed by atoms with Gasteiger partial charge in [0.25, 0.3) is 0 Å². The fourth-order valence-corrected chi connectivity index (χ4v) is 1.92. The summed E-state index contributed by atoms with van der Waals surface area (Å²) in [6, 6.07) is 0.132. The minimum absolute atomic E-state index is 0.0839. The molecule has 0 aliphatic heterocycles. The third kappa shape index (κ3) is 8.02. The summed E-state index contributed by atoms with van der Waals surface area (Å²) in [6.45, 7) is 10.5. The van der Waals surface area contributed by atoms with Crippen molar-refractivity contribution in [2.75, 3.05) is 6.54 Å². The molecule has 0 rings (SSSR count). The molecule has 4 nitrogen and oxygen atoms in total. The van der Waals surface area contributed by atoms with Gasteiger partial charge in [0.2, 0.25) is 0 Å². The first-order chi connectivity index (χ1) is 7.80. The predicted molar refractivity (Wildman–Crippen MR) is 71.0 cm³/mol. The van der Waals surface area contributed by atoms with Crippen molar-refractivity contribution in [1.82, 2.24) is 10.6 Å². The van der Waals surface area contributed by atoms with Crippen LogP contribution in [0.1, 0.15) is 53.9 Å². The molecule has 0 aromatic heterocycles. The van der Waals surface area contributed by atoms with E-state index in [2.05, 4.69) is 24.5 Å². The summed E-state index contributed by atoms with van der Waals surface area (Å²) in [5.41, 5.74) is -0.0839. The van der Waals surface area contributed by atoms with Gasteiger partial charge in [-0.1, -0.05) is 27.7 Å². The molecule has 0 fully saturated rings. The van der Waals surface area contributed by atoms with Crippen LogP contribution in [0.15, 0.2) is 0 Å². The molecule has 0 heterocycles. The molecule has 0 radical (unpaired) electrons. The minimum Gasteiger partial charge on any atom is -0.393 e. The van der Waals surface area contributed by atoms with Gasteiger partial charge < -0.3 is 15.7 Å². The van der Waals surface area contributed by atoms with Crippen LogP contribution in [0.4, 0.5) is 4.79 Å². The maximum absolute atomic E-state index is 11.6. The van der Waals surface area contributed by atoms with Gasteiger partial charge in [-0.2, -0.15) is 0 Å². The third-order valence-electron chi connectivity index (χ3n) is 2.90. The van der Waals surface area contributed by atoms with Crippen LogP contribution >= 0.6 is 0 Å². The summed E-state index contributed by atoms with van der Waals surface area (Å²) in [4.78, 5) is 11.6. The molecular formula is C13H28N2O2. The zero-order chi connectivity index (χ0) is 13.5. The number of urea groups is 1. The molecule has 0 saturated carbocycles. The molecule has 0 bridgehead atoms. The van der Waals surface area contributed by atoms with Crippen molar-refractivity contribution in [2.45, 2.75) is 66.0 Å². The number of nitrogens with one attached hydrogen (secondary N) is 2. The number of carbonyl (C=O) groups excluding carboxylic acids is 1. The van der Waals surface area contributed by atoms with Gasteiger partial charge in [-0.15, -0.1) is 0 Å². The molecule has 0 saturated heterocycles. The largest absolute Gasteiger partial charge is 0.393 e. The van der Waals surface area contributed by atoms with E-state index in [1.54, 1.807) is 6.92 Å². The molecule has 2 amide bonds. The van der Waals surface area contributed by atoms with Gasteiger partial charge in [0, 0.05) is 12.6 Å². The summed E-state index contributed by atoms with van der Waals surface area (Å²) in [5, 5.41) is 15.1. The zero-order valence-electron chi connectivity index (χ0n) is 11.8. The first-order valence-corrected chi connectivity index (χ1v) is 6.53. The quantitative estimate of drug-likeness (QED) is 0.643. The highest BCUT2D eigenvalue weighted by atomic mass is 16.3. The molecule has 0 aliphatic rings. The Morgan fingerprint density at radius 3 is 2.24 bits per heavy atom. The van der Waals surface area contributed by atoms with Crippen molar-refractivity contribution < 1.29 is 9.90 Å². The summed E-state index contributed by atoms with van der Waals surface area (Å²) in [6.07, 6.45) is 2.23. The minimum atomic E-state index is -0.339. The number of carbonyl (C=O) groups is 1. The second-order valence-corrected chi connectivity index (χ2v) is 5.56. The predicted octanol–water partition coefficient (Wildman–Crippen LogP) is 2.27. The van der Waals surface area contributed by atoms with E-state index in [0.717, 1.165) is 12.8 Å². The lowest BCUT2D eigenvalue weighted by Crippen LogP contribution is -2.45. The van der Waals surface area contributed by atoms with Gasteiger partial charge in [-0.3, -0.25) is 0 Å². The Bertz CT molecular complexity index is 223. The maximum atomic E-state index is 11.6. The fourth-order valence-electron chi connectivity index (χ4n) is 1.92. The highest BCUT2D eigenvalue weighted by Crippen LogP contribution is 2.20. The Morgan fingerprint density at radius 2 is 1.82 bits per heavy atom. The van der Waals surface area contributed by atoms with Crippen LogP contribution in [-0.4, -0.2) is 29.8 Å². The SMILES string of the molecule is CCC(CC)NC(=O)NCC(C)(C)CC(C)O. The normalized spacial score (nSPS) is 13.6. The topological polar surface area (TPSA) is 61.4 Å². The molecule has 4 heteroatoms. The summed E-state index contributed by atoms with van der Waals surface area (Å²) in [5.74, 6) is 0. The second kappa shape index (κ2) is 7.54. The first kappa shape index (κ1) is 16.2. The molecule has 17 heavy (non-hydrogen) atoms. The number of rotatable bonds is 7. The van der Waals surface area contributed by atoms with E-state index in [9.17, 15) is 9.90 Å². The van der Waals surface area contributed by atoms with Gasteiger partial charge >= 0.3 is 6.03 Å². The summed E-state index contributed by atoms with van der Waals surface area (Å²) < 4.78 is 0. The summed E-state index contributed by atoms with van der Waals surface area (Å²) in [7, 11) is 0. The van der Waals surface area contributed by atoms with E-state index in [1.165, 1.54) is 0 Å². The standard InChI is InChI=1S/C13H28N2O2/c1-6-11(7-2)15-12(17)14-9-13(4,5)8-10(3)16/h10-11,16H,6-9H2,1-5H3,(H2,14,15,17). The van der Waals surface area contributed by atoms with Crippen LogP contribution in [0.5, 0.6) is 0 Å². The van der Waals surface area contributed by atoms with Crippen LogP contribution in [0.2, 0.25) is 0 Å². The maximum Gasteiger partial charge on any atom is 0.315 e. The lowest BCUT2D eigenvalue weighted by Gasteiger charge is -2.27. The van der Waals surface area contributed by atoms with Crippen molar-refractivity contribution in [3.05, 3.63) is 0 Å².